The van der Waals surface area contributed by atoms with E-state index in [1.54, 1.807) is 24.3 Å². The molecule has 4 aromatic carbocycles. The number of nitrogens with one attached hydrogen (secondary N) is 1. The van der Waals surface area contributed by atoms with Crippen molar-refractivity contribution in [2.75, 3.05) is 5.32 Å². The summed E-state index contributed by atoms with van der Waals surface area (Å²) in [5.41, 5.74) is 2.02. The Bertz CT molecular complexity index is 1410. The number of anilines is 1. The lowest BCUT2D eigenvalue weighted by molar-refractivity contribution is -0.112. The van der Waals surface area contributed by atoms with Crippen LogP contribution >= 0.6 is 23.2 Å². The van der Waals surface area contributed by atoms with E-state index in [9.17, 15) is 10.1 Å². The molecule has 0 unspecified atom stereocenters. The molecule has 162 valence electrons. The van der Waals surface area contributed by atoms with Crippen LogP contribution in [0.25, 0.3) is 16.8 Å². The van der Waals surface area contributed by atoms with Gasteiger partial charge in [-0.15, -0.1) is 0 Å². The van der Waals surface area contributed by atoms with Gasteiger partial charge in [0.2, 0.25) is 0 Å². The van der Waals surface area contributed by atoms with Crippen molar-refractivity contribution >= 4 is 51.6 Å². The monoisotopic (exact) mass is 472 g/mol. The van der Waals surface area contributed by atoms with E-state index in [0.29, 0.717) is 33.7 Å². The number of hydrogen-bond acceptors (Lipinski definition) is 3. The molecule has 0 aliphatic rings. The predicted octanol–water partition coefficient (Wildman–Crippen LogP) is 7.27. The molecule has 4 aromatic rings. The van der Waals surface area contributed by atoms with Gasteiger partial charge in [-0.25, -0.2) is 0 Å². The number of rotatable bonds is 6. The normalized spacial score (nSPS) is 11.1. The topological polar surface area (TPSA) is 62.1 Å². The van der Waals surface area contributed by atoms with Gasteiger partial charge >= 0.3 is 0 Å². The Morgan fingerprint density at radius 2 is 1.67 bits per heavy atom. The van der Waals surface area contributed by atoms with Gasteiger partial charge < -0.3 is 10.1 Å². The van der Waals surface area contributed by atoms with Gasteiger partial charge in [0, 0.05) is 11.3 Å². The summed E-state index contributed by atoms with van der Waals surface area (Å²) in [5, 5.41) is 15.2. The van der Waals surface area contributed by atoms with Crippen molar-refractivity contribution in [1.82, 2.24) is 0 Å². The third-order valence-electron chi connectivity index (χ3n) is 4.97. The maximum absolute atomic E-state index is 12.6. The first-order valence-electron chi connectivity index (χ1n) is 10.1. The van der Waals surface area contributed by atoms with Gasteiger partial charge in [0.05, 0.1) is 10.0 Å². The Hall–Kier alpha value is -3.78. The average molecular weight is 473 g/mol. The van der Waals surface area contributed by atoms with Gasteiger partial charge in [-0.1, -0.05) is 77.8 Å². The third-order valence-corrected chi connectivity index (χ3v) is 5.71. The molecule has 0 spiro atoms. The van der Waals surface area contributed by atoms with Crippen LogP contribution in [0.4, 0.5) is 5.69 Å². The Kier molecular flexibility index (Phi) is 6.95. The van der Waals surface area contributed by atoms with Gasteiger partial charge in [-0.2, -0.15) is 5.26 Å². The van der Waals surface area contributed by atoms with Gasteiger partial charge in [-0.3, -0.25) is 4.79 Å². The lowest BCUT2D eigenvalue weighted by atomic mass is 10.1. The molecule has 0 aliphatic heterocycles. The Morgan fingerprint density at radius 1 is 0.909 bits per heavy atom. The number of carbonyl (C=O) groups excluding carboxylic acids is 1. The molecule has 0 radical (unpaired) electrons. The third kappa shape index (κ3) is 5.53. The van der Waals surface area contributed by atoms with Crippen molar-refractivity contribution in [2.45, 2.75) is 6.61 Å². The molecular formula is C27H18Cl2N2O2. The summed E-state index contributed by atoms with van der Waals surface area (Å²) in [7, 11) is 0. The summed E-state index contributed by atoms with van der Waals surface area (Å²) in [6.45, 7) is 0.354. The summed E-state index contributed by atoms with van der Waals surface area (Å²) in [6, 6.07) is 28.2. The Morgan fingerprint density at radius 3 is 2.45 bits per heavy atom. The molecule has 1 amide bonds. The highest BCUT2D eigenvalue weighted by atomic mass is 35.5. The highest BCUT2D eigenvalue weighted by molar-refractivity contribution is 6.42. The number of benzene rings is 4. The lowest BCUT2D eigenvalue weighted by Gasteiger charge is -2.11. The highest BCUT2D eigenvalue weighted by Gasteiger charge is 2.12. The molecule has 0 saturated carbocycles. The highest BCUT2D eigenvalue weighted by Crippen LogP contribution is 2.26. The van der Waals surface area contributed by atoms with Crippen LogP contribution in [-0.4, -0.2) is 5.91 Å². The quantitative estimate of drug-likeness (QED) is 0.237. The zero-order chi connectivity index (χ0) is 23.2. The van der Waals surface area contributed by atoms with Crippen LogP contribution in [0.5, 0.6) is 5.75 Å². The fourth-order valence-corrected chi connectivity index (χ4v) is 3.60. The molecule has 1 N–H and O–H groups in total. The molecule has 0 bridgehead atoms. The number of para-hydroxylation sites is 1. The number of nitrogens with zero attached hydrogens (tertiary/aromatic N) is 1. The summed E-state index contributed by atoms with van der Waals surface area (Å²) < 4.78 is 6.03. The number of nitriles is 1. The minimum absolute atomic E-state index is 0.0668. The molecular weight excluding hydrogens is 455 g/mol. The van der Waals surface area contributed by atoms with E-state index >= 15 is 0 Å². The van der Waals surface area contributed by atoms with Crippen molar-refractivity contribution in [2.24, 2.45) is 0 Å². The van der Waals surface area contributed by atoms with Crippen LogP contribution in [0.2, 0.25) is 10.0 Å². The van der Waals surface area contributed by atoms with Crippen molar-refractivity contribution in [3.05, 3.63) is 112 Å². The Balaban J connectivity index is 1.52. The molecule has 0 aliphatic carbocycles. The maximum Gasteiger partial charge on any atom is 0.266 e. The molecule has 0 fully saturated rings. The number of amides is 1. The molecule has 0 heterocycles. The van der Waals surface area contributed by atoms with E-state index in [1.807, 2.05) is 36.4 Å². The smallest absolute Gasteiger partial charge is 0.266 e. The molecule has 0 atom stereocenters. The van der Waals surface area contributed by atoms with Crippen LogP contribution in [-0.2, 0) is 11.4 Å². The number of halogens is 2. The first-order valence-corrected chi connectivity index (χ1v) is 10.9. The zero-order valence-corrected chi connectivity index (χ0v) is 18.9. The summed E-state index contributed by atoms with van der Waals surface area (Å²) in [6.07, 6.45) is 1.50. The SMILES string of the molecule is N#C/C(=C\c1ccccc1OCc1ccc2ccccc2c1)C(=O)Nc1ccc(Cl)c(Cl)c1. The van der Waals surface area contributed by atoms with Crippen LogP contribution in [0.1, 0.15) is 11.1 Å². The second kappa shape index (κ2) is 10.2. The van der Waals surface area contributed by atoms with Gasteiger partial charge in [0.15, 0.2) is 0 Å². The summed E-state index contributed by atoms with van der Waals surface area (Å²) in [4.78, 5) is 12.6. The van der Waals surface area contributed by atoms with Crippen molar-refractivity contribution in [3.8, 4) is 11.8 Å². The Labute approximate surface area is 201 Å². The molecule has 4 rings (SSSR count). The lowest BCUT2D eigenvalue weighted by Crippen LogP contribution is -2.13. The van der Waals surface area contributed by atoms with E-state index in [-0.39, 0.29) is 5.57 Å². The molecule has 0 aromatic heterocycles. The van der Waals surface area contributed by atoms with Crippen LogP contribution < -0.4 is 10.1 Å². The van der Waals surface area contributed by atoms with Crippen LogP contribution in [0, 0.1) is 11.3 Å². The number of fused-ring (bicyclic) bond motifs is 1. The van der Waals surface area contributed by atoms with Crippen LogP contribution in [0.3, 0.4) is 0 Å². The van der Waals surface area contributed by atoms with Gasteiger partial charge in [-0.05, 0) is 52.7 Å². The minimum Gasteiger partial charge on any atom is -0.488 e. The van der Waals surface area contributed by atoms with Crippen molar-refractivity contribution in [1.29, 1.82) is 5.26 Å². The predicted molar refractivity (Wildman–Crippen MR) is 133 cm³/mol. The minimum atomic E-state index is -0.555. The summed E-state index contributed by atoms with van der Waals surface area (Å²) >= 11 is 11.9. The van der Waals surface area contributed by atoms with Crippen molar-refractivity contribution in [3.63, 3.8) is 0 Å². The molecule has 4 nitrogen and oxygen atoms in total. The molecule has 33 heavy (non-hydrogen) atoms. The number of carbonyl (C=O) groups is 1. The second-order valence-electron chi connectivity index (χ2n) is 7.26. The van der Waals surface area contributed by atoms with E-state index in [4.69, 9.17) is 27.9 Å². The average Bonchev–Trinajstić information content (AvgIpc) is 2.84. The second-order valence-corrected chi connectivity index (χ2v) is 8.08. The van der Waals surface area contributed by atoms with Crippen LogP contribution in [0.15, 0.2) is 90.5 Å². The standard InChI is InChI=1S/C27H18Cl2N2O2/c28-24-12-11-23(15-25(24)29)31-27(32)22(16-30)14-21-7-3-4-8-26(21)33-17-18-9-10-19-5-1-2-6-20(19)13-18/h1-15H,17H2,(H,31,32)/b22-14+. The zero-order valence-electron chi connectivity index (χ0n) is 17.4. The van der Waals surface area contributed by atoms with E-state index in [0.717, 1.165) is 16.3 Å². The summed E-state index contributed by atoms with van der Waals surface area (Å²) in [5.74, 6) is 0.0148. The van der Waals surface area contributed by atoms with Gasteiger partial charge in [0.1, 0.15) is 24.0 Å². The fourth-order valence-electron chi connectivity index (χ4n) is 3.30. The van der Waals surface area contributed by atoms with E-state index in [2.05, 4.69) is 29.6 Å². The molecule has 6 heteroatoms. The first-order chi connectivity index (χ1) is 16.0. The van der Waals surface area contributed by atoms with Gasteiger partial charge in [0.25, 0.3) is 5.91 Å². The van der Waals surface area contributed by atoms with E-state index in [1.165, 1.54) is 12.1 Å². The molecule has 0 saturated heterocycles. The number of ether oxygens (including phenoxy) is 1. The van der Waals surface area contributed by atoms with E-state index < -0.39 is 5.91 Å². The fraction of sp³-hybridized carbons (Fsp3) is 0.0370. The number of hydrogen-bond donors (Lipinski definition) is 1. The first kappa shape index (κ1) is 22.4. The largest absolute Gasteiger partial charge is 0.488 e. The van der Waals surface area contributed by atoms with Crippen molar-refractivity contribution < 1.29 is 9.53 Å². The maximum atomic E-state index is 12.6.